The lowest BCUT2D eigenvalue weighted by molar-refractivity contribution is -0.137. The molecular formula is C22H23F3N2O. The lowest BCUT2D eigenvalue weighted by atomic mass is 9.78. The molecule has 0 radical (unpaired) electrons. The quantitative estimate of drug-likeness (QED) is 0.823. The standard InChI is InChI=1S/C22H23F3N2O/c1-28-16-4-5-17(20(9-16)22(23,24)25)14-7-13-3-2-6-27-12-15-10-26-11-19(15)18(8-14)21(13)27/h4-5,7-9,15,19,26H,2-3,6,10-12H2,1H3/t15-,19+/m1/s1. The van der Waals surface area contributed by atoms with E-state index >= 15 is 0 Å². The van der Waals surface area contributed by atoms with Gasteiger partial charge in [0, 0.05) is 37.8 Å². The predicted molar refractivity (Wildman–Crippen MR) is 103 cm³/mol. The molecule has 1 fully saturated rings. The molecule has 5 rings (SSSR count). The van der Waals surface area contributed by atoms with Crippen LogP contribution in [0.25, 0.3) is 11.1 Å². The van der Waals surface area contributed by atoms with Gasteiger partial charge in [0.05, 0.1) is 12.7 Å². The smallest absolute Gasteiger partial charge is 0.417 e. The molecule has 0 amide bonds. The molecule has 148 valence electrons. The zero-order chi connectivity index (χ0) is 19.5. The molecule has 2 atom stereocenters. The van der Waals surface area contributed by atoms with Crippen LogP contribution in [0.1, 0.15) is 29.0 Å². The summed E-state index contributed by atoms with van der Waals surface area (Å²) in [5, 5.41) is 3.48. The van der Waals surface area contributed by atoms with Gasteiger partial charge in [0.2, 0.25) is 0 Å². The maximum atomic E-state index is 13.8. The van der Waals surface area contributed by atoms with Crippen LogP contribution in [0.5, 0.6) is 5.75 Å². The minimum Gasteiger partial charge on any atom is -0.497 e. The highest BCUT2D eigenvalue weighted by Crippen LogP contribution is 2.48. The maximum Gasteiger partial charge on any atom is 0.417 e. The summed E-state index contributed by atoms with van der Waals surface area (Å²) >= 11 is 0. The molecule has 0 bridgehead atoms. The number of rotatable bonds is 2. The Bertz CT molecular complexity index is 925. The van der Waals surface area contributed by atoms with Gasteiger partial charge in [-0.1, -0.05) is 6.07 Å². The zero-order valence-electron chi connectivity index (χ0n) is 15.8. The van der Waals surface area contributed by atoms with Gasteiger partial charge in [0.15, 0.2) is 0 Å². The van der Waals surface area contributed by atoms with Gasteiger partial charge in [-0.15, -0.1) is 0 Å². The van der Waals surface area contributed by atoms with E-state index < -0.39 is 11.7 Å². The zero-order valence-corrected chi connectivity index (χ0v) is 15.8. The van der Waals surface area contributed by atoms with Crippen molar-refractivity contribution >= 4 is 5.69 Å². The molecule has 3 heterocycles. The number of hydrogen-bond donors (Lipinski definition) is 1. The van der Waals surface area contributed by atoms with Crippen molar-refractivity contribution in [3.63, 3.8) is 0 Å². The van der Waals surface area contributed by atoms with Crippen molar-refractivity contribution < 1.29 is 17.9 Å². The fourth-order valence-corrected chi connectivity index (χ4v) is 5.20. The fraction of sp³-hybridized carbons (Fsp3) is 0.455. The summed E-state index contributed by atoms with van der Waals surface area (Å²) in [6.45, 7) is 3.98. The Hall–Kier alpha value is -2.21. The minimum absolute atomic E-state index is 0.224. The molecule has 0 aliphatic carbocycles. The first-order chi connectivity index (χ1) is 13.5. The molecule has 2 aromatic rings. The molecule has 0 aromatic heterocycles. The van der Waals surface area contributed by atoms with Crippen molar-refractivity contribution in [2.24, 2.45) is 5.92 Å². The number of methoxy groups -OCH3 is 1. The summed E-state index contributed by atoms with van der Waals surface area (Å²) in [6, 6.07) is 8.25. The normalized spacial score (nSPS) is 23.4. The van der Waals surface area contributed by atoms with Crippen molar-refractivity contribution in [1.29, 1.82) is 0 Å². The van der Waals surface area contributed by atoms with E-state index in [9.17, 15) is 13.2 Å². The average molecular weight is 388 g/mol. The molecular weight excluding hydrogens is 365 g/mol. The second-order valence-corrected chi connectivity index (χ2v) is 8.06. The number of nitrogens with zero attached hydrogens (tertiary/aromatic N) is 1. The van der Waals surface area contributed by atoms with E-state index in [0.29, 0.717) is 17.4 Å². The molecule has 1 N–H and O–H groups in total. The van der Waals surface area contributed by atoms with E-state index in [0.717, 1.165) is 45.1 Å². The summed E-state index contributed by atoms with van der Waals surface area (Å²) in [5.74, 6) is 1.14. The second kappa shape index (κ2) is 6.41. The van der Waals surface area contributed by atoms with E-state index in [-0.39, 0.29) is 11.3 Å². The van der Waals surface area contributed by atoms with Crippen LogP contribution in [0.3, 0.4) is 0 Å². The van der Waals surface area contributed by atoms with Crippen molar-refractivity contribution in [1.82, 2.24) is 5.32 Å². The van der Waals surface area contributed by atoms with E-state index in [4.69, 9.17) is 4.74 Å². The third kappa shape index (κ3) is 2.77. The van der Waals surface area contributed by atoms with Crippen LogP contribution in [0.4, 0.5) is 18.9 Å². The number of ether oxygens (including phenoxy) is 1. The van der Waals surface area contributed by atoms with E-state index in [2.05, 4.69) is 10.2 Å². The number of fused-ring (bicyclic) bond motifs is 2. The summed E-state index contributed by atoms with van der Waals surface area (Å²) in [6.07, 6.45) is -2.45. The number of anilines is 1. The molecule has 2 aromatic carbocycles. The molecule has 3 nitrogen and oxygen atoms in total. The van der Waals surface area contributed by atoms with E-state index in [1.807, 2.05) is 12.1 Å². The molecule has 6 heteroatoms. The van der Waals surface area contributed by atoms with Gasteiger partial charge in [0.25, 0.3) is 0 Å². The van der Waals surface area contributed by atoms with Gasteiger partial charge in [-0.05, 0) is 65.3 Å². The van der Waals surface area contributed by atoms with Crippen LogP contribution in [-0.2, 0) is 12.6 Å². The number of aryl methyl sites for hydroxylation is 1. The number of benzene rings is 2. The summed E-state index contributed by atoms with van der Waals surface area (Å²) < 4.78 is 46.4. The largest absolute Gasteiger partial charge is 0.497 e. The highest BCUT2D eigenvalue weighted by molar-refractivity contribution is 5.77. The Labute approximate surface area is 162 Å². The van der Waals surface area contributed by atoms with Crippen molar-refractivity contribution in [2.75, 3.05) is 38.2 Å². The highest BCUT2D eigenvalue weighted by atomic mass is 19.4. The molecule has 0 saturated carbocycles. The molecule has 0 spiro atoms. The Kier molecular flexibility index (Phi) is 4.09. The van der Waals surface area contributed by atoms with Crippen LogP contribution in [-0.4, -0.2) is 33.3 Å². The maximum absolute atomic E-state index is 13.8. The summed E-state index contributed by atoms with van der Waals surface area (Å²) in [4.78, 5) is 2.45. The number of alkyl halides is 3. The Morgan fingerprint density at radius 2 is 2.00 bits per heavy atom. The van der Waals surface area contributed by atoms with Crippen molar-refractivity contribution in [3.8, 4) is 16.9 Å². The van der Waals surface area contributed by atoms with Gasteiger partial charge in [-0.25, -0.2) is 0 Å². The van der Waals surface area contributed by atoms with Crippen LogP contribution >= 0.6 is 0 Å². The molecule has 0 unspecified atom stereocenters. The highest BCUT2D eigenvalue weighted by Gasteiger charge is 2.40. The molecule has 1 saturated heterocycles. The summed E-state index contributed by atoms with van der Waals surface area (Å²) in [7, 11) is 1.39. The van der Waals surface area contributed by atoms with Gasteiger partial charge >= 0.3 is 6.18 Å². The first-order valence-electron chi connectivity index (χ1n) is 9.84. The number of nitrogens with one attached hydrogen (secondary N) is 1. The summed E-state index contributed by atoms with van der Waals surface area (Å²) in [5.41, 5.74) is 3.95. The van der Waals surface area contributed by atoms with Gasteiger partial charge in [-0.3, -0.25) is 0 Å². The number of halogens is 3. The van der Waals surface area contributed by atoms with Gasteiger partial charge in [0.1, 0.15) is 5.75 Å². The Morgan fingerprint density at radius 3 is 2.79 bits per heavy atom. The molecule has 3 aliphatic heterocycles. The third-order valence-electron chi connectivity index (χ3n) is 6.45. The monoisotopic (exact) mass is 388 g/mol. The molecule has 3 aliphatic rings. The van der Waals surface area contributed by atoms with E-state index in [1.54, 1.807) is 12.1 Å². The SMILES string of the molecule is COc1ccc(-c2cc3c4c(c2)[C@H]2CNC[C@@H]2CN4CCC3)c(C(F)(F)F)c1. The number of hydrogen-bond acceptors (Lipinski definition) is 3. The topological polar surface area (TPSA) is 24.5 Å². The predicted octanol–water partition coefficient (Wildman–Crippen LogP) is 4.45. The van der Waals surface area contributed by atoms with Gasteiger partial charge in [-0.2, -0.15) is 13.2 Å². The first kappa shape index (κ1) is 17.9. The minimum atomic E-state index is -4.43. The molecule has 28 heavy (non-hydrogen) atoms. The third-order valence-corrected chi connectivity index (χ3v) is 6.45. The van der Waals surface area contributed by atoms with E-state index in [1.165, 1.54) is 23.9 Å². The second-order valence-electron chi connectivity index (χ2n) is 8.06. The van der Waals surface area contributed by atoms with Crippen molar-refractivity contribution in [2.45, 2.75) is 24.9 Å². The Balaban J connectivity index is 1.70. The lowest BCUT2D eigenvalue weighted by Crippen LogP contribution is -2.41. The Morgan fingerprint density at radius 1 is 1.14 bits per heavy atom. The van der Waals surface area contributed by atoms with Crippen LogP contribution in [0.15, 0.2) is 30.3 Å². The van der Waals surface area contributed by atoms with Gasteiger partial charge < -0.3 is 15.0 Å². The lowest BCUT2D eigenvalue weighted by Gasteiger charge is -2.42. The first-order valence-corrected chi connectivity index (χ1v) is 9.84. The van der Waals surface area contributed by atoms with Crippen LogP contribution in [0.2, 0.25) is 0 Å². The average Bonchev–Trinajstić information content (AvgIpc) is 3.15. The van der Waals surface area contributed by atoms with Crippen molar-refractivity contribution in [3.05, 3.63) is 47.0 Å². The van der Waals surface area contributed by atoms with Crippen LogP contribution in [0, 0.1) is 5.92 Å². The van der Waals surface area contributed by atoms with Crippen LogP contribution < -0.4 is 15.0 Å². The fourth-order valence-electron chi connectivity index (χ4n) is 5.20.